The topological polar surface area (TPSA) is 97.0 Å². The molecule has 5 rings (SSSR count). The van der Waals surface area contributed by atoms with E-state index in [4.69, 9.17) is 9.47 Å². The number of hydrogen-bond acceptors (Lipinski definition) is 5. The summed E-state index contributed by atoms with van der Waals surface area (Å²) in [5.74, 6) is 0.324. The fraction of sp³-hybridized carbons (Fsp3) is 0.400. The van der Waals surface area contributed by atoms with Gasteiger partial charge in [-0.15, -0.1) is 0 Å². The van der Waals surface area contributed by atoms with Gasteiger partial charge in [-0.05, 0) is 55.0 Å². The van der Waals surface area contributed by atoms with Gasteiger partial charge in [0.25, 0.3) is 5.91 Å². The Kier molecular flexibility index (Phi) is 5.44. The van der Waals surface area contributed by atoms with E-state index in [9.17, 15) is 14.4 Å². The molecule has 8 heteroatoms. The van der Waals surface area contributed by atoms with Gasteiger partial charge in [0.15, 0.2) is 11.5 Å². The minimum absolute atomic E-state index is 0.115. The molecule has 0 saturated carbocycles. The first-order chi connectivity index (χ1) is 16.0. The van der Waals surface area contributed by atoms with Crippen LogP contribution in [0.25, 0.3) is 0 Å². The number of hydrogen-bond donors (Lipinski definition) is 2. The van der Waals surface area contributed by atoms with E-state index in [0.29, 0.717) is 30.3 Å². The first-order valence-corrected chi connectivity index (χ1v) is 11.4. The molecule has 0 aromatic heterocycles. The van der Waals surface area contributed by atoms with Crippen LogP contribution in [0.2, 0.25) is 0 Å². The van der Waals surface area contributed by atoms with Crippen LogP contribution in [0.15, 0.2) is 42.5 Å². The molecule has 0 unspecified atom stereocenters. The smallest absolute Gasteiger partial charge is 0.325 e. The minimum Gasteiger partial charge on any atom is -0.490 e. The summed E-state index contributed by atoms with van der Waals surface area (Å²) in [4.78, 5) is 39.8. The summed E-state index contributed by atoms with van der Waals surface area (Å²) < 4.78 is 11.4. The number of nitrogens with one attached hydrogen (secondary N) is 2. The Bertz CT molecular complexity index is 1120. The van der Waals surface area contributed by atoms with E-state index >= 15 is 0 Å². The van der Waals surface area contributed by atoms with Crippen LogP contribution in [-0.2, 0) is 21.5 Å². The molecule has 2 aromatic rings. The molecule has 3 aliphatic rings. The summed E-state index contributed by atoms with van der Waals surface area (Å²) in [6.45, 7) is 2.39. The number of rotatable bonds is 4. The van der Waals surface area contributed by atoms with Crippen LogP contribution in [0.1, 0.15) is 48.9 Å². The molecule has 1 fully saturated rings. The van der Waals surface area contributed by atoms with Crippen LogP contribution >= 0.6 is 0 Å². The Morgan fingerprint density at radius 1 is 1.12 bits per heavy atom. The second-order valence-corrected chi connectivity index (χ2v) is 8.87. The van der Waals surface area contributed by atoms with Crippen molar-refractivity contribution in [3.05, 3.63) is 59.2 Å². The van der Waals surface area contributed by atoms with Gasteiger partial charge in [0, 0.05) is 6.42 Å². The summed E-state index contributed by atoms with van der Waals surface area (Å²) in [7, 11) is 0. The van der Waals surface area contributed by atoms with Gasteiger partial charge in [0.05, 0.1) is 19.3 Å². The molecule has 2 aliphatic heterocycles. The van der Waals surface area contributed by atoms with Gasteiger partial charge in [-0.2, -0.15) is 0 Å². The van der Waals surface area contributed by atoms with Gasteiger partial charge in [0.1, 0.15) is 12.1 Å². The lowest BCUT2D eigenvalue weighted by Crippen LogP contribution is -2.44. The number of aryl methyl sites for hydroxylation is 1. The Balaban J connectivity index is 1.31. The van der Waals surface area contributed by atoms with Gasteiger partial charge in [-0.1, -0.05) is 30.3 Å². The molecule has 2 heterocycles. The number of carbonyl (C=O) groups is 3. The monoisotopic (exact) mass is 449 g/mol. The number of ether oxygens (including phenoxy) is 2. The molecule has 0 bridgehead atoms. The third-order valence-electron chi connectivity index (χ3n) is 6.61. The van der Waals surface area contributed by atoms with Crippen LogP contribution in [0.3, 0.4) is 0 Å². The normalized spacial score (nSPS) is 24.0. The van der Waals surface area contributed by atoms with Gasteiger partial charge in [-0.25, -0.2) is 4.79 Å². The first-order valence-electron chi connectivity index (χ1n) is 11.4. The molecular weight excluding hydrogens is 422 g/mol. The lowest BCUT2D eigenvalue weighted by molar-refractivity contribution is -0.135. The predicted molar refractivity (Wildman–Crippen MR) is 120 cm³/mol. The fourth-order valence-electron chi connectivity index (χ4n) is 4.80. The van der Waals surface area contributed by atoms with Gasteiger partial charge < -0.3 is 20.1 Å². The predicted octanol–water partition coefficient (Wildman–Crippen LogP) is 2.81. The Labute approximate surface area is 192 Å². The molecule has 33 heavy (non-hydrogen) atoms. The van der Waals surface area contributed by atoms with Crippen molar-refractivity contribution in [2.24, 2.45) is 0 Å². The Morgan fingerprint density at radius 2 is 1.91 bits per heavy atom. The highest BCUT2D eigenvalue weighted by molar-refractivity contribution is 6.09. The van der Waals surface area contributed by atoms with Crippen molar-refractivity contribution >= 4 is 17.8 Å². The van der Waals surface area contributed by atoms with Crippen molar-refractivity contribution in [3.8, 4) is 11.5 Å². The van der Waals surface area contributed by atoms with Gasteiger partial charge in [-0.3, -0.25) is 14.5 Å². The van der Waals surface area contributed by atoms with E-state index in [0.717, 1.165) is 36.1 Å². The van der Waals surface area contributed by atoms with Crippen molar-refractivity contribution in [1.82, 2.24) is 15.5 Å². The molecule has 172 valence electrons. The number of nitrogens with zero attached hydrogens (tertiary/aromatic N) is 1. The number of amides is 4. The summed E-state index contributed by atoms with van der Waals surface area (Å²) >= 11 is 0. The molecule has 2 aromatic carbocycles. The third kappa shape index (κ3) is 3.90. The maximum absolute atomic E-state index is 13.3. The summed E-state index contributed by atoms with van der Waals surface area (Å²) in [5.41, 5.74) is 1.62. The van der Waals surface area contributed by atoms with Crippen molar-refractivity contribution < 1.29 is 23.9 Å². The van der Waals surface area contributed by atoms with Crippen LogP contribution < -0.4 is 20.1 Å². The van der Waals surface area contributed by atoms with Gasteiger partial charge in [0.2, 0.25) is 5.91 Å². The molecule has 4 amide bonds. The number of carbonyl (C=O) groups excluding carboxylic acids is 3. The number of fused-ring (bicyclic) bond motifs is 2. The van der Waals surface area contributed by atoms with Crippen LogP contribution in [0.4, 0.5) is 4.79 Å². The number of benzene rings is 2. The fourth-order valence-corrected chi connectivity index (χ4v) is 4.80. The lowest BCUT2D eigenvalue weighted by Gasteiger charge is -2.27. The van der Waals surface area contributed by atoms with E-state index in [-0.39, 0.29) is 18.5 Å². The average molecular weight is 450 g/mol. The third-order valence-corrected chi connectivity index (χ3v) is 6.61. The zero-order valence-corrected chi connectivity index (χ0v) is 18.6. The Hall–Kier alpha value is -3.55. The van der Waals surface area contributed by atoms with Crippen LogP contribution in [0, 0.1) is 0 Å². The summed E-state index contributed by atoms with van der Waals surface area (Å²) in [6, 6.07) is 12.6. The summed E-state index contributed by atoms with van der Waals surface area (Å²) in [6.07, 6.45) is 3.57. The molecule has 2 N–H and O–H groups in total. The SMILES string of the molecule is C[C@@]1(c2ccc3c(c2)OCCCO3)NC(=O)N(CC(=O)N[C@H]2CCCc3ccccc32)C1=O. The lowest BCUT2D eigenvalue weighted by atomic mass is 9.88. The zero-order chi connectivity index (χ0) is 23.0. The highest BCUT2D eigenvalue weighted by Crippen LogP contribution is 2.36. The standard InChI is InChI=1S/C25H27N3O5/c1-25(17-10-11-20-21(14-17)33-13-5-12-32-20)23(30)28(24(31)27-25)15-22(29)26-19-9-4-7-16-6-2-3-8-18(16)19/h2-3,6,8,10-11,14,19H,4-5,7,9,12-13,15H2,1H3,(H,26,29)(H,27,31)/t19-,25-/m0/s1. The molecular formula is C25H27N3O5. The number of imide groups is 1. The minimum atomic E-state index is -1.29. The Morgan fingerprint density at radius 3 is 2.76 bits per heavy atom. The van der Waals surface area contributed by atoms with E-state index in [2.05, 4.69) is 16.7 Å². The second kappa shape index (κ2) is 8.42. The maximum Gasteiger partial charge on any atom is 0.325 e. The van der Waals surface area contributed by atoms with Crippen molar-refractivity contribution in [3.63, 3.8) is 0 Å². The van der Waals surface area contributed by atoms with Crippen molar-refractivity contribution in [2.75, 3.05) is 19.8 Å². The largest absolute Gasteiger partial charge is 0.490 e. The van der Waals surface area contributed by atoms with Gasteiger partial charge >= 0.3 is 6.03 Å². The van der Waals surface area contributed by atoms with Crippen LogP contribution in [0.5, 0.6) is 11.5 Å². The molecule has 2 atom stereocenters. The van der Waals surface area contributed by atoms with E-state index in [1.807, 2.05) is 18.2 Å². The highest BCUT2D eigenvalue weighted by Gasteiger charge is 2.50. The molecule has 8 nitrogen and oxygen atoms in total. The van der Waals surface area contributed by atoms with E-state index in [1.165, 1.54) is 5.56 Å². The first kappa shape index (κ1) is 21.3. The molecule has 0 radical (unpaired) electrons. The highest BCUT2D eigenvalue weighted by atomic mass is 16.5. The molecule has 1 saturated heterocycles. The van der Waals surface area contributed by atoms with Crippen LogP contribution in [-0.4, -0.2) is 42.5 Å². The van der Waals surface area contributed by atoms with E-state index < -0.39 is 17.5 Å². The average Bonchev–Trinajstić information content (AvgIpc) is 2.98. The zero-order valence-electron chi connectivity index (χ0n) is 18.6. The quantitative estimate of drug-likeness (QED) is 0.700. The number of urea groups is 1. The van der Waals surface area contributed by atoms with Crippen molar-refractivity contribution in [2.45, 2.75) is 44.2 Å². The second-order valence-electron chi connectivity index (χ2n) is 8.87. The maximum atomic E-state index is 13.3. The summed E-state index contributed by atoms with van der Waals surface area (Å²) in [5, 5.41) is 5.76. The molecule has 1 aliphatic carbocycles. The molecule has 0 spiro atoms. The van der Waals surface area contributed by atoms with E-state index in [1.54, 1.807) is 25.1 Å². The van der Waals surface area contributed by atoms with Crippen molar-refractivity contribution in [1.29, 1.82) is 0 Å².